The molecule has 1 aromatic heterocycles. The van der Waals surface area contributed by atoms with Gasteiger partial charge in [0.05, 0.1) is 38.1 Å². The van der Waals surface area contributed by atoms with Crippen molar-refractivity contribution in [3.63, 3.8) is 0 Å². The number of hydrogen-bond acceptors (Lipinski definition) is 5. The maximum Gasteiger partial charge on any atom is 0.271 e. The molecule has 0 atom stereocenters. The molecular formula is C23H22Cl4N4O2. The molecule has 0 N–H and O–H groups in total. The minimum absolute atomic E-state index is 0.279. The summed E-state index contributed by atoms with van der Waals surface area (Å²) < 4.78 is 7.04. The minimum atomic E-state index is -0.279. The van der Waals surface area contributed by atoms with Gasteiger partial charge in [-0.15, -0.1) is 5.10 Å². The summed E-state index contributed by atoms with van der Waals surface area (Å²) in [6.07, 6.45) is 0.839. The van der Waals surface area contributed by atoms with Crippen LogP contribution < -0.4 is 15.2 Å². The molecule has 6 nitrogen and oxygen atoms in total. The van der Waals surface area contributed by atoms with E-state index in [1.165, 1.54) is 10.7 Å². The first-order valence-electron chi connectivity index (χ1n) is 10.5. The third kappa shape index (κ3) is 5.94. The van der Waals surface area contributed by atoms with Gasteiger partial charge in [0.15, 0.2) is 0 Å². The second kappa shape index (κ2) is 11.0. The predicted octanol–water partition coefficient (Wildman–Crippen LogP) is 5.44. The molecular weight excluding hydrogens is 506 g/mol. The molecule has 0 unspecified atom stereocenters. The first-order valence-corrected chi connectivity index (χ1v) is 12.0. The van der Waals surface area contributed by atoms with Crippen molar-refractivity contribution < 1.29 is 4.74 Å². The van der Waals surface area contributed by atoms with Crippen molar-refractivity contribution in [2.45, 2.75) is 6.42 Å². The Kier molecular flexibility index (Phi) is 8.04. The highest BCUT2D eigenvalue weighted by molar-refractivity contribution is 6.43. The fourth-order valence-electron chi connectivity index (χ4n) is 3.69. The maximum atomic E-state index is 12.2. The first-order chi connectivity index (χ1) is 15.9. The lowest BCUT2D eigenvalue weighted by atomic mass is 10.2. The third-order valence-electron chi connectivity index (χ3n) is 5.44. The van der Waals surface area contributed by atoms with Crippen molar-refractivity contribution >= 4 is 52.1 Å². The third-order valence-corrected chi connectivity index (χ3v) is 6.98. The monoisotopic (exact) mass is 526 g/mol. The fourth-order valence-corrected chi connectivity index (χ4v) is 4.39. The number of benzene rings is 2. The number of anilines is 1. The second-order valence-corrected chi connectivity index (χ2v) is 9.22. The molecule has 2 heterocycles. The zero-order valence-electron chi connectivity index (χ0n) is 17.7. The Morgan fingerprint density at radius 1 is 0.879 bits per heavy atom. The molecule has 4 rings (SSSR count). The molecule has 1 aliphatic heterocycles. The van der Waals surface area contributed by atoms with Crippen LogP contribution >= 0.6 is 46.4 Å². The Morgan fingerprint density at radius 2 is 1.67 bits per heavy atom. The van der Waals surface area contributed by atoms with Gasteiger partial charge in [-0.25, -0.2) is 0 Å². The second-order valence-electron chi connectivity index (χ2n) is 7.62. The lowest BCUT2D eigenvalue weighted by molar-refractivity contribution is 0.220. The van der Waals surface area contributed by atoms with E-state index in [9.17, 15) is 4.79 Å². The van der Waals surface area contributed by atoms with E-state index in [1.807, 2.05) is 12.1 Å². The van der Waals surface area contributed by atoms with Gasteiger partial charge in [-0.2, -0.15) is 4.68 Å². The van der Waals surface area contributed by atoms with E-state index in [-0.39, 0.29) is 5.56 Å². The van der Waals surface area contributed by atoms with Gasteiger partial charge in [-0.3, -0.25) is 9.69 Å². The summed E-state index contributed by atoms with van der Waals surface area (Å²) in [5, 5.41) is 6.24. The van der Waals surface area contributed by atoms with Gasteiger partial charge in [0.1, 0.15) is 0 Å². The maximum absolute atomic E-state index is 12.2. The molecule has 10 heteroatoms. The van der Waals surface area contributed by atoms with Crippen molar-refractivity contribution in [1.82, 2.24) is 14.7 Å². The van der Waals surface area contributed by atoms with Crippen LogP contribution in [0.25, 0.3) is 5.69 Å². The fraction of sp³-hybridized carbons (Fsp3) is 0.304. The van der Waals surface area contributed by atoms with E-state index in [2.05, 4.69) is 14.9 Å². The highest BCUT2D eigenvalue weighted by Gasteiger charge is 2.19. The molecule has 1 aliphatic rings. The van der Waals surface area contributed by atoms with Gasteiger partial charge < -0.3 is 9.64 Å². The van der Waals surface area contributed by atoms with Gasteiger partial charge in [-0.05, 0) is 36.8 Å². The molecule has 0 spiro atoms. The molecule has 1 fully saturated rings. The van der Waals surface area contributed by atoms with E-state index in [4.69, 9.17) is 51.1 Å². The zero-order valence-corrected chi connectivity index (χ0v) is 20.7. The summed E-state index contributed by atoms with van der Waals surface area (Å²) in [4.78, 5) is 16.9. The standard InChI is InChI=1S/C23H22Cl4N4O2/c24-17-6-5-16(15-19(17)26)31-22(32)8-7-21(28-31)33-14-2-9-29-10-12-30(13-11-29)20-4-1-3-18(25)23(20)27/h1,3-8,15H,2,9-14H2. The predicted molar refractivity (Wildman–Crippen MR) is 135 cm³/mol. The number of aromatic nitrogens is 2. The molecule has 0 aliphatic carbocycles. The average molecular weight is 528 g/mol. The number of rotatable bonds is 7. The molecule has 33 heavy (non-hydrogen) atoms. The smallest absolute Gasteiger partial charge is 0.271 e. The van der Waals surface area contributed by atoms with E-state index in [1.54, 1.807) is 30.3 Å². The molecule has 0 radical (unpaired) electrons. The Hall–Kier alpha value is -1.96. The Morgan fingerprint density at radius 3 is 2.42 bits per heavy atom. The van der Waals surface area contributed by atoms with Crippen molar-refractivity contribution in [2.24, 2.45) is 0 Å². The molecule has 174 valence electrons. The molecule has 0 saturated carbocycles. The van der Waals surface area contributed by atoms with E-state index in [0.29, 0.717) is 38.3 Å². The normalized spacial score (nSPS) is 14.5. The highest BCUT2D eigenvalue weighted by atomic mass is 35.5. The van der Waals surface area contributed by atoms with Crippen LogP contribution in [0.2, 0.25) is 20.1 Å². The van der Waals surface area contributed by atoms with Crippen molar-refractivity contribution in [3.8, 4) is 11.6 Å². The van der Waals surface area contributed by atoms with Gasteiger partial charge in [0.25, 0.3) is 5.56 Å². The number of ether oxygens (including phenoxy) is 1. The number of halogens is 4. The number of piperazine rings is 1. The molecule has 1 saturated heterocycles. The zero-order chi connectivity index (χ0) is 23.4. The van der Waals surface area contributed by atoms with Crippen LogP contribution in [0.4, 0.5) is 5.69 Å². The molecule has 0 amide bonds. The molecule has 0 bridgehead atoms. The quantitative estimate of drug-likeness (QED) is 0.383. The van der Waals surface area contributed by atoms with Crippen molar-refractivity contribution in [1.29, 1.82) is 0 Å². The van der Waals surface area contributed by atoms with Crippen LogP contribution in [-0.2, 0) is 0 Å². The highest BCUT2D eigenvalue weighted by Crippen LogP contribution is 2.32. The lowest BCUT2D eigenvalue weighted by Gasteiger charge is -2.36. The minimum Gasteiger partial charge on any atom is -0.477 e. The van der Waals surface area contributed by atoms with E-state index in [0.717, 1.165) is 44.8 Å². The largest absolute Gasteiger partial charge is 0.477 e. The summed E-state index contributed by atoms with van der Waals surface area (Å²) in [6, 6.07) is 13.6. The average Bonchev–Trinajstić information content (AvgIpc) is 2.82. The molecule has 2 aromatic carbocycles. The van der Waals surface area contributed by atoms with Crippen LogP contribution in [0.1, 0.15) is 6.42 Å². The number of nitrogens with zero attached hydrogens (tertiary/aromatic N) is 4. The summed E-state index contributed by atoms with van der Waals surface area (Å²) >= 11 is 24.5. The molecule has 3 aromatic rings. The van der Waals surface area contributed by atoms with Crippen LogP contribution in [0, 0.1) is 0 Å². The van der Waals surface area contributed by atoms with Gasteiger partial charge in [-0.1, -0.05) is 52.5 Å². The van der Waals surface area contributed by atoms with Gasteiger partial charge >= 0.3 is 0 Å². The van der Waals surface area contributed by atoms with Crippen LogP contribution in [-0.4, -0.2) is 54.0 Å². The van der Waals surface area contributed by atoms with Crippen LogP contribution in [0.15, 0.2) is 53.3 Å². The SMILES string of the molecule is O=c1ccc(OCCCN2CCN(c3cccc(Cl)c3Cl)CC2)nn1-c1ccc(Cl)c(Cl)c1. The Labute approximate surface area is 212 Å². The van der Waals surface area contributed by atoms with Crippen LogP contribution in [0.5, 0.6) is 5.88 Å². The summed E-state index contributed by atoms with van der Waals surface area (Å²) in [5.41, 5.74) is 1.23. The number of hydrogen-bond donors (Lipinski definition) is 0. The van der Waals surface area contributed by atoms with Crippen molar-refractivity contribution in [2.75, 3.05) is 44.2 Å². The summed E-state index contributed by atoms with van der Waals surface area (Å²) in [6.45, 7) is 5.04. The first kappa shape index (κ1) is 24.2. The summed E-state index contributed by atoms with van der Waals surface area (Å²) in [7, 11) is 0. The Balaban J connectivity index is 1.26. The summed E-state index contributed by atoms with van der Waals surface area (Å²) in [5.74, 6) is 0.376. The van der Waals surface area contributed by atoms with Crippen LogP contribution in [0.3, 0.4) is 0 Å². The van der Waals surface area contributed by atoms with Gasteiger partial charge in [0.2, 0.25) is 5.88 Å². The topological polar surface area (TPSA) is 50.6 Å². The van der Waals surface area contributed by atoms with Crippen molar-refractivity contribution in [3.05, 3.63) is 79.0 Å². The Bertz CT molecular complexity index is 1180. The lowest BCUT2D eigenvalue weighted by Crippen LogP contribution is -2.46. The van der Waals surface area contributed by atoms with E-state index < -0.39 is 0 Å². The van der Waals surface area contributed by atoms with Gasteiger partial charge in [0, 0.05) is 44.9 Å². The van der Waals surface area contributed by atoms with E-state index >= 15 is 0 Å².